The molecule has 0 bridgehead atoms. The molecule has 0 saturated heterocycles. The maximum Gasteiger partial charge on any atom is 0.407 e. The number of imide groups is 1. The first-order chi connectivity index (χ1) is 42.7. The topological polar surface area (TPSA) is 267 Å². The Balaban J connectivity index is 0.756. The third-order valence-electron chi connectivity index (χ3n) is 14.2. The smallest absolute Gasteiger partial charge is 0.407 e. The first kappa shape index (κ1) is 69.6. The van der Waals surface area contributed by atoms with Gasteiger partial charge in [0.1, 0.15) is 6.10 Å². The zero-order valence-electron chi connectivity index (χ0n) is 50.3. The van der Waals surface area contributed by atoms with Crippen molar-refractivity contribution < 1.29 is 85.7 Å². The van der Waals surface area contributed by atoms with E-state index in [1.807, 2.05) is 30.3 Å². The summed E-state index contributed by atoms with van der Waals surface area (Å²) in [6.07, 6.45) is 13.4. The van der Waals surface area contributed by atoms with Crippen LogP contribution >= 0.6 is 0 Å². The van der Waals surface area contributed by atoms with Crippen LogP contribution in [-0.2, 0) is 87.4 Å². The van der Waals surface area contributed by atoms with Crippen LogP contribution in [0.25, 0.3) is 5.57 Å². The van der Waals surface area contributed by atoms with E-state index < -0.39 is 17.9 Å². The molecule has 2 aromatic rings. The summed E-state index contributed by atoms with van der Waals surface area (Å²) in [5.41, 5.74) is 5.48. The molecule has 4 aliphatic rings. The summed E-state index contributed by atoms with van der Waals surface area (Å²) in [7, 11) is 0. The molecule has 2 aromatic carbocycles. The minimum atomic E-state index is -0.423. The van der Waals surface area contributed by atoms with E-state index in [0.29, 0.717) is 138 Å². The zero-order valence-corrected chi connectivity index (χ0v) is 50.3. The van der Waals surface area contributed by atoms with E-state index in [1.165, 1.54) is 23.3 Å². The molecular formula is C63H90N6O18. The van der Waals surface area contributed by atoms with E-state index in [-0.39, 0.29) is 101 Å². The van der Waals surface area contributed by atoms with Crippen molar-refractivity contribution in [3.8, 4) is 0 Å². The Kier molecular flexibility index (Phi) is 34.0. The van der Waals surface area contributed by atoms with E-state index >= 15 is 0 Å². The molecule has 2 aliphatic carbocycles. The number of para-hydroxylation sites is 1. The van der Waals surface area contributed by atoms with E-state index in [4.69, 9.17) is 52.1 Å². The molecule has 0 fully saturated rings. The number of carbonyl (C=O) groups is 7. The summed E-state index contributed by atoms with van der Waals surface area (Å²) < 4.78 is 61.9. The molecule has 3 N–H and O–H groups in total. The quantitative estimate of drug-likeness (QED) is 0.0480. The highest BCUT2D eigenvalue weighted by Crippen LogP contribution is 2.51. The van der Waals surface area contributed by atoms with Gasteiger partial charge in [0, 0.05) is 82.2 Å². The van der Waals surface area contributed by atoms with Gasteiger partial charge in [0.2, 0.25) is 23.6 Å². The minimum absolute atomic E-state index is 0.0168. The van der Waals surface area contributed by atoms with Gasteiger partial charge >= 0.3 is 6.09 Å². The third-order valence-corrected chi connectivity index (χ3v) is 14.2. The van der Waals surface area contributed by atoms with E-state index in [1.54, 1.807) is 9.80 Å². The molecule has 7 amide bonds. The highest BCUT2D eigenvalue weighted by molar-refractivity contribution is 6.13. The van der Waals surface area contributed by atoms with Crippen LogP contribution in [0.5, 0.6) is 0 Å². The SMILES string of the molecule is O=C(CCC(=O)N1Cc2ccccc2C2C=C2c2ccccc21)NCCOCCOCCOCCN(CCOCCOCCOCCNC(=O)O[C@H]1CC/C=C/CCC1)C(=O)CCOCCOCCOCCOCCNC(=O)CCN1C(=O)C=CC1=O. The monoisotopic (exact) mass is 1220 g/mol. The van der Waals surface area contributed by atoms with Gasteiger partial charge < -0.3 is 77.9 Å². The molecule has 6 rings (SSSR count). The number of hydrogen-bond donors (Lipinski definition) is 3. The van der Waals surface area contributed by atoms with Gasteiger partial charge in [0.25, 0.3) is 11.8 Å². The predicted octanol–water partition coefficient (Wildman–Crippen LogP) is 4.04. The van der Waals surface area contributed by atoms with E-state index in [9.17, 15) is 33.6 Å². The fourth-order valence-electron chi connectivity index (χ4n) is 9.52. The van der Waals surface area contributed by atoms with Crippen molar-refractivity contribution in [3.05, 3.63) is 95.6 Å². The molecular weight excluding hydrogens is 1130 g/mol. The van der Waals surface area contributed by atoms with Crippen molar-refractivity contribution in [2.75, 3.05) is 176 Å². The van der Waals surface area contributed by atoms with Crippen molar-refractivity contribution in [3.63, 3.8) is 0 Å². The summed E-state index contributed by atoms with van der Waals surface area (Å²) >= 11 is 0. The third kappa shape index (κ3) is 28.1. The van der Waals surface area contributed by atoms with Crippen molar-refractivity contribution in [1.29, 1.82) is 0 Å². The number of rotatable bonds is 46. The molecule has 2 heterocycles. The number of carbonyl (C=O) groups excluding carboxylic acids is 7. The standard InChI is InChI=1S/C63H90N6O18/c70-57(16-17-62(75)69-49-50-10-6-7-13-52(50)54-48-55(54)53-14-8-9-15-56(53)69)64-22-29-78-35-41-84-44-38-81-32-26-67(27-33-82-39-45-85-43-37-80-31-24-66-63(76)87-51-11-4-2-1-3-5-12-51)59(72)21-28-77-34-40-83-46-47-86-42-36-79-30-23-65-58(71)20-25-68-60(73)18-19-61(68)74/h1-2,6-10,13-15,18-19,48,51,54H,3-5,11-12,16-17,20-47,49H2,(H,64,70)(H,65,71)(H,66,76)/b2-1+/t51-,54?/m0/s1. The number of benzene rings is 2. The molecule has 87 heavy (non-hydrogen) atoms. The average Bonchev–Trinajstić information content (AvgIpc) is 1.72. The highest BCUT2D eigenvalue weighted by atomic mass is 16.6. The lowest BCUT2D eigenvalue weighted by Crippen LogP contribution is -2.37. The predicted molar refractivity (Wildman–Crippen MR) is 320 cm³/mol. The van der Waals surface area contributed by atoms with Crippen molar-refractivity contribution >= 4 is 52.8 Å². The molecule has 0 aromatic heterocycles. The van der Waals surface area contributed by atoms with Crippen LogP contribution in [0.3, 0.4) is 0 Å². The molecule has 480 valence electrons. The molecule has 2 atom stereocenters. The van der Waals surface area contributed by atoms with Gasteiger partial charge in [-0.25, -0.2) is 4.79 Å². The zero-order chi connectivity index (χ0) is 61.4. The fraction of sp³-hybridized carbons (Fsp3) is 0.603. The van der Waals surface area contributed by atoms with E-state index in [2.05, 4.69) is 52.4 Å². The maximum absolute atomic E-state index is 13.6. The van der Waals surface area contributed by atoms with Crippen molar-refractivity contribution in [2.24, 2.45) is 0 Å². The van der Waals surface area contributed by atoms with Crippen LogP contribution in [0.2, 0.25) is 0 Å². The van der Waals surface area contributed by atoms with Gasteiger partial charge in [0.05, 0.1) is 151 Å². The second-order valence-electron chi connectivity index (χ2n) is 20.6. The average molecular weight is 1220 g/mol. The van der Waals surface area contributed by atoms with Gasteiger partial charge in [-0.2, -0.15) is 0 Å². The molecule has 0 radical (unpaired) electrons. The summed E-state index contributed by atoms with van der Waals surface area (Å²) in [5.74, 6) is -1.29. The summed E-state index contributed by atoms with van der Waals surface area (Å²) in [6, 6.07) is 16.2. The van der Waals surface area contributed by atoms with Gasteiger partial charge in [-0.15, -0.1) is 0 Å². The first-order valence-corrected chi connectivity index (χ1v) is 30.6. The Morgan fingerprint density at radius 2 is 1.02 bits per heavy atom. The van der Waals surface area contributed by atoms with Gasteiger partial charge in [-0.3, -0.25) is 33.7 Å². The lowest BCUT2D eigenvalue weighted by molar-refractivity contribution is -0.137. The number of amides is 7. The van der Waals surface area contributed by atoms with Gasteiger partial charge in [0.15, 0.2) is 0 Å². The van der Waals surface area contributed by atoms with Crippen LogP contribution in [-0.4, -0.2) is 229 Å². The Labute approximate surface area is 510 Å². The van der Waals surface area contributed by atoms with Crippen LogP contribution in [0, 0.1) is 0 Å². The second-order valence-corrected chi connectivity index (χ2v) is 20.6. The normalized spacial score (nSPS) is 16.3. The number of alkyl carbamates (subject to hydrolysis) is 1. The van der Waals surface area contributed by atoms with Crippen molar-refractivity contribution in [1.82, 2.24) is 25.8 Å². The number of nitrogens with zero attached hydrogens (tertiary/aromatic N) is 3. The number of nitrogens with one attached hydrogen (secondary N) is 3. The lowest BCUT2D eigenvalue weighted by Gasteiger charge is -2.28. The second kappa shape index (κ2) is 42.4. The Morgan fingerprint density at radius 1 is 0.517 bits per heavy atom. The molecule has 1 unspecified atom stereocenters. The maximum atomic E-state index is 13.6. The number of ether oxygens (including phenoxy) is 11. The largest absolute Gasteiger partial charge is 0.446 e. The van der Waals surface area contributed by atoms with Gasteiger partial charge in [-0.05, 0) is 54.9 Å². The highest BCUT2D eigenvalue weighted by Gasteiger charge is 2.35. The summed E-state index contributed by atoms with van der Waals surface area (Å²) in [4.78, 5) is 91.4. The number of fused-ring (bicyclic) bond motifs is 5. The molecule has 2 aliphatic heterocycles. The van der Waals surface area contributed by atoms with Gasteiger partial charge in [-0.1, -0.05) is 60.7 Å². The number of allylic oxidation sites excluding steroid dienone is 4. The minimum Gasteiger partial charge on any atom is -0.446 e. The van der Waals surface area contributed by atoms with Crippen molar-refractivity contribution in [2.45, 2.75) is 76.4 Å². The van der Waals surface area contributed by atoms with Crippen LogP contribution < -0.4 is 20.9 Å². The lowest BCUT2D eigenvalue weighted by atomic mass is 9.94. The van der Waals surface area contributed by atoms with Crippen LogP contribution in [0.1, 0.15) is 80.4 Å². The Bertz CT molecular complexity index is 2490. The molecule has 24 heteroatoms. The van der Waals surface area contributed by atoms with Crippen LogP contribution in [0.15, 0.2) is 78.9 Å². The Morgan fingerprint density at radius 3 is 1.63 bits per heavy atom. The van der Waals surface area contributed by atoms with Crippen LogP contribution in [0.4, 0.5) is 10.5 Å². The number of hydrogen-bond acceptors (Lipinski definition) is 18. The molecule has 0 saturated carbocycles. The van der Waals surface area contributed by atoms with E-state index in [0.717, 1.165) is 53.8 Å². The first-order valence-electron chi connectivity index (χ1n) is 30.6. The molecule has 0 spiro atoms. The summed E-state index contributed by atoms with van der Waals surface area (Å²) in [5, 5.41) is 8.27. The molecule has 24 nitrogen and oxygen atoms in total. The Hall–Kier alpha value is -6.45. The summed E-state index contributed by atoms with van der Waals surface area (Å²) in [6.45, 7) is 8.37. The number of anilines is 1. The fourth-order valence-corrected chi connectivity index (χ4v) is 9.52.